The number of nitrogens with one attached hydrogen (secondary N) is 1. The average molecular weight is 388 g/mol. The third kappa shape index (κ3) is 4.95. The minimum absolute atomic E-state index is 0.134. The smallest absolute Gasteiger partial charge is 0.341 e. The summed E-state index contributed by atoms with van der Waals surface area (Å²) in [5.41, 5.74) is 1.73. The molecule has 1 N–H and O–H groups in total. The van der Waals surface area contributed by atoms with E-state index in [4.69, 9.17) is 4.74 Å². The number of benzene rings is 1. The number of hydrogen-bond acceptors (Lipinski definition) is 6. The Balaban J connectivity index is 2.24. The van der Waals surface area contributed by atoms with E-state index in [-0.39, 0.29) is 30.4 Å². The van der Waals surface area contributed by atoms with Crippen molar-refractivity contribution in [1.82, 2.24) is 0 Å². The molecule has 0 fully saturated rings. The summed E-state index contributed by atoms with van der Waals surface area (Å²) < 4.78 is 5.09. The molecule has 0 saturated carbocycles. The third-order valence-electron chi connectivity index (χ3n) is 4.04. The maximum absolute atomic E-state index is 12.6. The second-order valence-corrected chi connectivity index (χ2v) is 6.96. The number of rotatable bonds is 8. The molecule has 0 atom stereocenters. The van der Waals surface area contributed by atoms with Gasteiger partial charge in [0.15, 0.2) is 5.78 Å². The number of anilines is 2. The number of nitrogens with zero attached hydrogens (tertiary/aromatic N) is 1. The molecule has 0 unspecified atom stereocenters. The molecule has 27 heavy (non-hydrogen) atoms. The molecule has 0 aliphatic heterocycles. The Kier molecular flexibility index (Phi) is 7.12. The first-order chi connectivity index (χ1) is 12.9. The van der Waals surface area contributed by atoms with Crippen LogP contribution in [0, 0.1) is 6.92 Å². The highest BCUT2D eigenvalue weighted by Crippen LogP contribution is 2.34. The summed E-state index contributed by atoms with van der Waals surface area (Å²) in [6.45, 7) is 7.81. The Morgan fingerprint density at radius 3 is 2.37 bits per heavy atom. The zero-order valence-corrected chi connectivity index (χ0v) is 16.8. The van der Waals surface area contributed by atoms with Crippen LogP contribution in [0.5, 0.6) is 0 Å². The predicted octanol–water partition coefficient (Wildman–Crippen LogP) is 3.90. The number of thiophene rings is 1. The minimum atomic E-state index is -0.538. The largest absolute Gasteiger partial charge is 0.462 e. The van der Waals surface area contributed by atoms with Crippen LogP contribution in [-0.2, 0) is 9.53 Å². The molecule has 1 aromatic carbocycles. The van der Waals surface area contributed by atoms with Gasteiger partial charge in [0.25, 0.3) is 0 Å². The number of likely N-dealkylation sites (N-methyl/N-ethyl adjacent to an activating group) is 1. The van der Waals surface area contributed by atoms with Gasteiger partial charge in [-0.3, -0.25) is 9.59 Å². The lowest BCUT2D eigenvalue weighted by Gasteiger charge is -2.22. The maximum atomic E-state index is 12.6. The summed E-state index contributed by atoms with van der Waals surface area (Å²) in [6.07, 6.45) is 0. The van der Waals surface area contributed by atoms with Crippen molar-refractivity contribution in [2.45, 2.75) is 27.7 Å². The van der Waals surface area contributed by atoms with Crippen LogP contribution in [0.1, 0.15) is 46.4 Å². The summed E-state index contributed by atoms with van der Waals surface area (Å²) in [7, 11) is 0. The molecule has 144 valence electrons. The van der Waals surface area contributed by atoms with Gasteiger partial charge in [0.1, 0.15) is 5.00 Å². The standard InChI is InChI=1S/C20H24N2O4S/c1-5-22(15-10-8-7-9-11-15)12-16(24)21-19-17(20(25)26-6-2)13(3)18(27-19)14(4)23/h7-11H,5-6,12H2,1-4H3,(H,21,24). The molecule has 0 radical (unpaired) electrons. The van der Waals surface area contributed by atoms with E-state index in [1.54, 1.807) is 13.8 Å². The molecule has 2 aromatic rings. The summed E-state index contributed by atoms with van der Waals surface area (Å²) in [6, 6.07) is 9.61. The number of Topliss-reactive ketones (excluding diaryl/α,β-unsaturated/α-hetero) is 1. The summed E-state index contributed by atoms with van der Waals surface area (Å²) in [5.74, 6) is -0.949. The van der Waals surface area contributed by atoms with Gasteiger partial charge in [0.05, 0.1) is 23.6 Å². The first kappa shape index (κ1) is 20.6. The number of para-hydroxylation sites is 1. The SMILES string of the molecule is CCOC(=O)c1c(NC(=O)CN(CC)c2ccccc2)sc(C(C)=O)c1C. The molecule has 2 rings (SSSR count). The number of amides is 1. The third-order valence-corrected chi connectivity index (χ3v) is 5.34. The van der Waals surface area contributed by atoms with E-state index in [1.165, 1.54) is 6.92 Å². The topological polar surface area (TPSA) is 75.7 Å². The van der Waals surface area contributed by atoms with Crippen LogP contribution in [0.3, 0.4) is 0 Å². The van der Waals surface area contributed by atoms with Crippen molar-refractivity contribution < 1.29 is 19.1 Å². The van der Waals surface area contributed by atoms with Crippen LogP contribution in [-0.4, -0.2) is 37.4 Å². The van der Waals surface area contributed by atoms with Crippen LogP contribution in [0.25, 0.3) is 0 Å². The normalized spacial score (nSPS) is 10.4. The number of carbonyl (C=O) groups excluding carboxylic acids is 3. The fourth-order valence-corrected chi connectivity index (χ4v) is 3.86. The molecule has 1 aromatic heterocycles. The zero-order chi connectivity index (χ0) is 20.0. The molecule has 1 amide bonds. The van der Waals surface area contributed by atoms with Gasteiger partial charge in [-0.25, -0.2) is 4.79 Å². The number of ketones is 1. The van der Waals surface area contributed by atoms with Gasteiger partial charge in [0, 0.05) is 12.2 Å². The quantitative estimate of drug-likeness (QED) is 0.548. The first-order valence-corrected chi connectivity index (χ1v) is 9.61. The fraction of sp³-hybridized carbons (Fsp3) is 0.350. The Morgan fingerprint density at radius 1 is 1.15 bits per heavy atom. The van der Waals surface area contributed by atoms with Gasteiger partial charge in [-0.15, -0.1) is 11.3 Å². The van der Waals surface area contributed by atoms with Gasteiger partial charge in [-0.2, -0.15) is 0 Å². The number of ether oxygens (including phenoxy) is 1. The van der Waals surface area contributed by atoms with Crippen molar-refractivity contribution >= 4 is 39.7 Å². The lowest BCUT2D eigenvalue weighted by atomic mass is 10.1. The Hall–Kier alpha value is -2.67. The molecule has 0 spiro atoms. The molecular formula is C20H24N2O4S. The minimum Gasteiger partial charge on any atom is -0.462 e. The van der Waals surface area contributed by atoms with Crippen molar-refractivity contribution in [3.05, 3.63) is 46.3 Å². The maximum Gasteiger partial charge on any atom is 0.341 e. The van der Waals surface area contributed by atoms with Crippen molar-refractivity contribution in [3.63, 3.8) is 0 Å². The van der Waals surface area contributed by atoms with Crippen LogP contribution in [0.4, 0.5) is 10.7 Å². The Bertz CT molecular complexity index is 830. The van der Waals surface area contributed by atoms with Crippen molar-refractivity contribution in [3.8, 4) is 0 Å². The van der Waals surface area contributed by atoms with Gasteiger partial charge < -0.3 is 15.0 Å². The summed E-state index contributed by atoms with van der Waals surface area (Å²) in [4.78, 5) is 39.1. The van der Waals surface area contributed by atoms with Crippen molar-refractivity contribution in [2.24, 2.45) is 0 Å². The molecule has 0 aliphatic rings. The van der Waals surface area contributed by atoms with E-state index >= 15 is 0 Å². The van der Waals surface area contributed by atoms with Crippen LogP contribution >= 0.6 is 11.3 Å². The van der Waals surface area contributed by atoms with E-state index in [1.807, 2.05) is 42.2 Å². The fourth-order valence-electron chi connectivity index (χ4n) is 2.75. The lowest BCUT2D eigenvalue weighted by Crippen LogP contribution is -2.33. The van der Waals surface area contributed by atoms with E-state index < -0.39 is 5.97 Å². The van der Waals surface area contributed by atoms with E-state index in [9.17, 15) is 14.4 Å². The lowest BCUT2D eigenvalue weighted by molar-refractivity contribution is -0.114. The number of hydrogen-bond donors (Lipinski definition) is 1. The first-order valence-electron chi connectivity index (χ1n) is 8.80. The Morgan fingerprint density at radius 2 is 1.81 bits per heavy atom. The van der Waals surface area contributed by atoms with E-state index in [2.05, 4.69) is 5.32 Å². The molecule has 0 bridgehead atoms. The van der Waals surface area contributed by atoms with Crippen molar-refractivity contribution in [2.75, 3.05) is 29.9 Å². The number of carbonyl (C=O) groups is 3. The molecule has 6 nitrogen and oxygen atoms in total. The van der Waals surface area contributed by atoms with Gasteiger partial charge in [-0.05, 0) is 45.4 Å². The summed E-state index contributed by atoms with van der Waals surface area (Å²) >= 11 is 1.11. The Labute approximate surface area is 163 Å². The second-order valence-electron chi connectivity index (χ2n) is 5.93. The van der Waals surface area contributed by atoms with Crippen molar-refractivity contribution in [1.29, 1.82) is 0 Å². The predicted molar refractivity (Wildman–Crippen MR) is 108 cm³/mol. The second kappa shape index (κ2) is 9.32. The van der Waals surface area contributed by atoms with E-state index in [0.29, 0.717) is 22.0 Å². The van der Waals surface area contributed by atoms with Crippen LogP contribution in [0.15, 0.2) is 30.3 Å². The van der Waals surface area contributed by atoms with Gasteiger partial charge in [0.2, 0.25) is 5.91 Å². The highest BCUT2D eigenvalue weighted by molar-refractivity contribution is 7.18. The van der Waals surface area contributed by atoms with E-state index in [0.717, 1.165) is 17.0 Å². The molecule has 7 heteroatoms. The molecule has 0 saturated heterocycles. The zero-order valence-electron chi connectivity index (χ0n) is 16.0. The van der Waals surface area contributed by atoms with Gasteiger partial charge in [-0.1, -0.05) is 18.2 Å². The highest BCUT2D eigenvalue weighted by atomic mass is 32.1. The molecule has 1 heterocycles. The van der Waals surface area contributed by atoms with Crippen LogP contribution in [0.2, 0.25) is 0 Å². The average Bonchev–Trinajstić information content (AvgIpc) is 2.96. The van der Waals surface area contributed by atoms with Crippen LogP contribution < -0.4 is 10.2 Å². The van der Waals surface area contributed by atoms with Gasteiger partial charge >= 0.3 is 5.97 Å². The summed E-state index contributed by atoms with van der Waals surface area (Å²) in [5, 5.41) is 3.14. The molecule has 0 aliphatic carbocycles. The monoisotopic (exact) mass is 388 g/mol. The highest BCUT2D eigenvalue weighted by Gasteiger charge is 2.25. The number of esters is 1. The molecular weight excluding hydrogens is 364 g/mol.